The van der Waals surface area contributed by atoms with Crippen LogP contribution in [0.15, 0.2) is 390 Å². The van der Waals surface area contributed by atoms with Crippen molar-refractivity contribution in [2.24, 2.45) is 0 Å². The number of rotatable bonds is 4. The summed E-state index contributed by atoms with van der Waals surface area (Å²) in [4.78, 5) is 27.5. The van der Waals surface area contributed by atoms with Crippen LogP contribution >= 0.6 is 0 Å². The Bertz CT molecular complexity index is 6890. The molecule has 28 heteroatoms. The molecule has 0 unspecified atom stereocenters. The topological polar surface area (TPSA) is 173 Å². The number of benzene rings is 12. The second-order valence-electron chi connectivity index (χ2n) is 31.5. The fourth-order valence-corrected chi connectivity index (χ4v) is 17.0. The van der Waals surface area contributed by atoms with Crippen molar-refractivity contribution in [2.45, 2.75) is 27.7 Å². The molecule has 8 aliphatic rings. The van der Waals surface area contributed by atoms with Gasteiger partial charge in [0.15, 0.2) is 0 Å². The number of nitrogens with zero attached hydrogens (tertiary/aromatic N) is 16. The van der Waals surface area contributed by atoms with E-state index in [1.165, 1.54) is 11.1 Å². The third kappa shape index (κ3) is 18.9. The maximum absolute atomic E-state index is 6.23. The van der Waals surface area contributed by atoms with Crippen LogP contribution in [-0.4, -0.2) is 87.3 Å². The van der Waals surface area contributed by atoms with Gasteiger partial charge in [-0.15, -0.1) is 144 Å². The van der Waals surface area contributed by atoms with Gasteiger partial charge in [0.1, 0.15) is 23.0 Å². The van der Waals surface area contributed by atoms with Gasteiger partial charge in [0, 0.05) is 200 Å². The molecule has 16 heterocycles. The molecule has 4 radical (unpaired) electrons. The molecule has 0 saturated carbocycles. The van der Waals surface area contributed by atoms with Crippen LogP contribution in [0.4, 0.5) is 45.5 Å². The Morgan fingerprint density at radius 1 is 0.228 bits per heavy atom. The molecule has 28 rings (SSSR count). The average Bonchev–Trinajstić information content (AvgIpc) is 1.56. The average molecular weight is 2470 g/mol. The van der Waals surface area contributed by atoms with Crippen molar-refractivity contribution in [3.05, 3.63) is 461 Å². The molecule has 0 bridgehead atoms. The molecule has 8 aromatic heterocycles. The first-order valence-electron chi connectivity index (χ1n) is 43.1. The first-order chi connectivity index (χ1) is 65.2. The summed E-state index contributed by atoms with van der Waals surface area (Å²) in [6.45, 7) is 8.33. The third-order valence-electron chi connectivity index (χ3n) is 22.8. The standard InChI is InChI=1S/4C18H12BN2O.4C9H7N2.4Ir/c2*1-12-10-16-18(20-11-12)13-6-2-3-7-14(13)19-21(16)15-8-4-5-9-17(15)22-19;2*1-12-8-9-17-16(11-12)21-15-7-4-10-20-18(15)13-5-2-3-6-14(13)19(21)22-17;4*1-2-5-9(6-3-1)11-8-4-7-10-11;;;;/h2*2-5,7-11H,1H3;2*2-4,6-11H,1H3;4*1-5,7-8H;;;;/q8*-1;;;;. The number of hydrogen-bond donors (Lipinski definition) is 0. The predicted octanol–water partition coefficient (Wildman–Crippen LogP) is 19.1. The third-order valence-corrected chi connectivity index (χ3v) is 22.8. The molecule has 8 aliphatic heterocycles. The zero-order valence-electron chi connectivity index (χ0n) is 73.4. The smallest absolute Gasteiger partial charge is 0.465 e. The molecule has 0 atom stereocenters. The summed E-state index contributed by atoms with van der Waals surface area (Å²) in [5, 5.41) is 16.3. The van der Waals surface area contributed by atoms with E-state index in [0.717, 1.165) is 169 Å². The number of aryl methyl sites for hydroxylation is 4. The Hall–Kier alpha value is -14.7. The van der Waals surface area contributed by atoms with Gasteiger partial charge in [-0.05, 0) is 182 Å². The fourth-order valence-electron chi connectivity index (χ4n) is 17.0. The van der Waals surface area contributed by atoms with E-state index in [1.807, 2.05) is 280 Å². The van der Waals surface area contributed by atoms with Crippen LogP contribution in [0.1, 0.15) is 22.3 Å². The Morgan fingerprint density at radius 2 is 0.500 bits per heavy atom. The predicted molar refractivity (Wildman–Crippen MR) is 521 cm³/mol. The van der Waals surface area contributed by atoms with Gasteiger partial charge in [0.05, 0.1) is 22.7 Å². The van der Waals surface area contributed by atoms with Gasteiger partial charge in [-0.2, -0.15) is 117 Å². The quantitative estimate of drug-likeness (QED) is 0.120. The zero-order valence-corrected chi connectivity index (χ0v) is 83.0. The molecular weight excluding hydrogens is 2400 g/mol. The van der Waals surface area contributed by atoms with Crippen LogP contribution in [-0.2, 0) is 80.4 Å². The van der Waals surface area contributed by atoms with E-state index in [-0.39, 0.29) is 109 Å². The summed E-state index contributed by atoms with van der Waals surface area (Å²) in [7, 11) is -0.552. The van der Waals surface area contributed by atoms with Crippen molar-refractivity contribution < 1.29 is 99.0 Å². The van der Waals surface area contributed by atoms with Crippen molar-refractivity contribution >= 4 is 95.6 Å². The summed E-state index contributed by atoms with van der Waals surface area (Å²) in [6.07, 6.45) is 22.1. The largest absolute Gasteiger partial charge is 0.544 e. The number of fused-ring (bicyclic) bond motifs is 32. The molecule has 0 amide bonds. The number of aromatic nitrogens is 12. The zero-order chi connectivity index (χ0) is 88.8. The van der Waals surface area contributed by atoms with E-state index in [4.69, 9.17) is 18.6 Å². The van der Waals surface area contributed by atoms with Gasteiger partial charge in [-0.25, -0.2) is 0 Å². The number of pyridine rings is 4. The Kier molecular flexibility index (Phi) is 29.0. The van der Waals surface area contributed by atoms with Gasteiger partial charge in [0.25, 0.3) is 0 Å². The Labute approximate surface area is 844 Å². The van der Waals surface area contributed by atoms with Crippen LogP contribution in [0.3, 0.4) is 0 Å². The van der Waals surface area contributed by atoms with Crippen molar-refractivity contribution in [1.82, 2.24) is 59.1 Å². The maximum Gasteiger partial charge on any atom is 0.465 e. The minimum absolute atomic E-state index is 0. The summed E-state index contributed by atoms with van der Waals surface area (Å²) in [5.74, 6) is 3.66. The Morgan fingerprint density at radius 3 is 0.801 bits per heavy atom. The SMILES string of the molecule is Cc1ccc2c(c1)N1B(O2)c2ccc[c-]c2-c2ncccc21.Cc1ccc2c(c1)N1B(O2)c2ccc[c-]c2-c2ncccc21.Cc1cnc2c(c1)N1B(Oc3ccccc31)c1ccc[c-]c1-2.Cc1cnc2c(c1)N1B(Oc3ccccc31)c1ccc[c-]c1-2.[Ir].[Ir].[Ir].[Ir].[c-]1ccccc1-n1cccn1.[c-]1ccccc1-n1cccn1.[c-]1ccccc1-n1cccn1.[c-]1ccccc1-n1cccn1. The first kappa shape index (κ1) is 93.2. The molecule has 0 fully saturated rings. The van der Waals surface area contributed by atoms with Crippen molar-refractivity contribution in [2.75, 3.05) is 19.2 Å². The Balaban J connectivity index is 0.000000109. The van der Waals surface area contributed by atoms with Gasteiger partial charge >= 0.3 is 28.2 Å². The monoisotopic (exact) mass is 2480 g/mol. The van der Waals surface area contributed by atoms with E-state index in [1.54, 1.807) is 43.5 Å². The maximum atomic E-state index is 6.23. The van der Waals surface area contributed by atoms with Crippen LogP contribution < -0.4 is 59.7 Å². The molecule has 20 nitrogen and oxygen atoms in total. The second-order valence-corrected chi connectivity index (χ2v) is 31.5. The van der Waals surface area contributed by atoms with E-state index >= 15 is 0 Å². The summed E-state index contributed by atoms with van der Waals surface area (Å²) in [6, 6.07) is 130. The summed E-state index contributed by atoms with van der Waals surface area (Å²) < 4.78 is 32.0. The van der Waals surface area contributed by atoms with E-state index in [9.17, 15) is 0 Å². The van der Waals surface area contributed by atoms with Crippen LogP contribution in [0.25, 0.3) is 67.8 Å². The summed E-state index contributed by atoms with van der Waals surface area (Å²) in [5.41, 5.74) is 29.8. The molecule has 0 spiro atoms. The van der Waals surface area contributed by atoms with E-state index in [0.29, 0.717) is 0 Å². The van der Waals surface area contributed by atoms with Gasteiger partial charge in [-0.1, -0.05) is 58.2 Å². The molecule has 0 aliphatic carbocycles. The van der Waals surface area contributed by atoms with E-state index in [2.05, 4.69) is 221 Å². The van der Waals surface area contributed by atoms with Crippen molar-refractivity contribution in [3.8, 4) is 90.8 Å². The minimum atomic E-state index is -0.138. The van der Waals surface area contributed by atoms with Gasteiger partial charge < -0.3 is 57.8 Å². The van der Waals surface area contributed by atoms with Gasteiger partial charge in [0.2, 0.25) is 0 Å². The van der Waals surface area contributed by atoms with E-state index < -0.39 is 0 Å². The molecular formula is C108H76B4Ir4N16O4-8. The normalized spacial score (nSPS) is 12.1. The molecule has 20 aromatic rings. The molecule has 0 saturated heterocycles. The molecule has 12 aromatic carbocycles. The number of anilines is 8. The van der Waals surface area contributed by atoms with Crippen LogP contribution in [0.2, 0.25) is 0 Å². The van der Waals surface area contributed by atoms with Gasteiger partial charge in [-0.3, -0.25) is 18.7 Å². The molecule has 0 N–H and O–H groups in total. The molecule has 668 valence electrons. The second kappa shape index (κ2) is 42.3. The molecule has 136 heavy (non-hydrogen) atoms. The summed E-state index contributed by atoms with van der Waals surface area (Å²) >= 11 is 0. The fraction of sp³-hybridized carbons (Fsp3) is 0.0370. The van der Waals surface area contributed by atoms with Crippen molar-refractivity contribution in [1.29, 1.82) is 0 Å². The number of hydrogen-bond acceptors (Lipinski definition) is 16. The van der Waals surface area contributed by atoms with Crippen molar-refractivity contribution in [3.63, 3.8) is 0 Å². The number of para-hydroxylation sites is 8. The minimum Gasteiger partial charge on any atom is -0.544 e. The first-order valence-corrected chi connectivity index (χ1v) is 43.1. The van der Waals surface area contributed by atoms with Crippen LogP contribution in [0.5, 0.6) is 23.0 Å². The van der Waals surface area contributed by atoms with Crippen LogP contribution in [0, 0.1) is 76.2 Å².